The van der Waals surface area contributed by atoms with Gasteiger partial charge in [-0.25, -0.2) is 0 Å². The highest BCUT2D eigenvalue weighted by atomic mass is 31.2. The van der Waals surface area contributed by atoms with Crippen LogP contribution in [0, 0.1) is 0 Å². The van der Waals surface area contributed by atoms with E-state index in [1.807, 2.05) is 0 Å². The van der Waals surface area contributed by atoms with Gasteiger partial charge in [0.2, 0.25) is 0 Å². The van der Waals surface area contributed by atoms with E-state index >= 15 is 0 Å². The molecule has 0 aliphatic heterocycles. The van der Waals surface area contributed by atoms with E-state index in [9.17, 15) is 0 Å². The molecule has 32 heavy (non-hydrogen) atoms. The summed E-state index contributed by atoms with van der Waals surface area (Å²) in [5.74, 6) is 0. The molecule has 0 aliphatic rings. The first kappa shape index (κ1) is 39.2. The van der Waals surface area contributed by atoms with Crippen LogP contribution in [0.15, 0.2) is 0 Å². The molecular formula is C24H60N3O4P. The van der Waals surface area contributed by atoms with Crippen molar-refractivity contribution in [1.82, 2.24) is 0 Å². The summed E-state index contributed by atoms with van der Waals surface area (Å²) >= 11 is 0. The van der Waals surface area contributed by atoms with Crippen LogP contribution in [0.3, 0.4) is 0 Å². The van der Waals surface area contributed by atoms with Gasteiger partial charge in [-0.3, -0.25) is 0 Å². The van der Waals surface area contributed by atoms with Gasteiger partial charge in [-0.2, -0.15) is 7.82 Å². The van der Waals surface area contributed by atoms with Crippen LogP contribution in [-0.4, -0.2) is 19.6 Å². The van der Waals surface area contributed by atoms with Crippen LogP contribution in [0.2, 0.25) is 0 Å². The molecule has 0 aliphatic carbocycles. The Balaban J connectivity index is -0.000000167. The largest absolute Gasteiger partial charge is 0.822 e. The summed E-state index contributed by atoms with van der Waals surface area (Å²) in [7, 11) is -5.39. The minimum Gasteiger partial charge on any atom is -0.822 e. The fraction of sp³-hybridized carbons (Fsp3) is 1.00. The van der Waals surface area contributed by atoms with Crippen molar-refractivity contribution in [1.29, 1.82) is 0 Å². The molecule has 0 bridgehead atoms. The van der Waals surface area contributed by atoms with Crippen molar-refractivity contribution in [3.63, 3.8) is 0 Å². The average Bonchev–Trinajstić information content (AvgIpc) is 2.73. The number of hydrogen-bond acceptors (Lipinski definition) is 4. The van der Waals surface area contributed by atoms with Crippen LogP contribution < -0.4 is 31.9 Å². The highest BCUT2D eigenvalue weighted by Gasteiger charge is 1.88. The molecule has 9 N–H and O–H groups in total. The molecule has 0 saturated heterocycles. The Hall–Kier alpha value is -0.0100. The standard InChI is InChI=1S/3C8H19N.H3O4P/c3*1-2-3-4-5-6-7-8-9;1-5(2,3)4/h3*2-9H2,1H3;(H3,1,2,3,4). The van der Waals surface area contributed by atoms with Gasteiger partial charge in [-0.1, -0.05) is 97.8 Å². The van der Waals surface area contributed by atoms with Crippen LogP contribution in [-0.2, 0) is 4.57 Å². The Kier molecular flexibility index (Phi) is 46.9. The van der Waals surface area contributed by atoms with Gasteiger partial charge in [0, 0.05) is 0 Å². The molecular weight excluding hydrogens is 425 g/mol. The lowest BCUT2D eigenvalue weighted by molar-refractivity contribution is -0.432. The molecule has 0 saturated carbocycles. The van der Waals surface area contributed by atoms with Crippen LogP contribution >= 0.6 is 7.82 Å². The SMILES string of the molecule is CCCCCCCC[NH3+].CCCCCCCC[NH3+].CCCCCCCC[NH3+].O=P([O-])([O-])[O-]. The van der Waals surface area contributed by atoms with Crippen LogP contribution in [0.1, 0.15) is 136 Å². The third kappa shape index (κ3) is 77.9. The molecule has 8 heteroatoms. The third-order valence-corrected chi connectivity index (χ3v) is 4.81. The Morgan fingerprint density at radius 3 is 0.750 bits per heavy atom. The van der Waals surface area contributed by atoms with Crippen molar-refractivity contribution in [2.75, 3.05) is 19.6 Å². The minimum absolute atomic E-state index is 1.12. The van der Waals surface area contributed by atoms with Crippen LogP contribution in [0.5, 0.6) is 0 Å². The third-order valence-electron chi connectivity index (χ3n) is 4.81. The predicted molar refractivity (Wildman–Crippen MR) is 131 cm³/mol. The zero-order chi connectivity index (χ0) is 25.3. The summed E-state index contributed by atoms with van der Waals surface area (Å²) in [6, 6.07) is 0. The molecule has 0 heterocycles. The lowest BCUT2D eigenvalue weighted by Gasteiger charge is -2.36. The van der Waals surface area contributed by atoms with Crippen molar-refractivity contribution in [3.8, 4) is 0 Å². The van der Waals surface area contributed by atoms with Gasteiger partial charge in [0.1, 0.15) is 0 Å². The fourth-order valence-corrected chi connectivity index (χ4v) is 2.87. The number of unbranched alkanes of at least 4 members (excludes halogenated alkanes) is 15. The topological polar surface area (TPSA) is 169 Å². The second kappa shape index (κ2) is 38.3. The molecule has 0 aromatic carbocycles. The maximum atomic E-state index is 8.55. The Bertz CT molecular complexity index is 273. The monoisotopic (exact) mass is 485 g/mol. The smallest absolute Gasteiger partial charge is 0.0739 e. The van der Waals surface area contributed by atoms with Crippen molar-refractivity contribution < 1.29 is 36.4 Å². The predicted octanol–water partition coefficient (Wildman–Crippen LogP) is 1.94. The van der Waals surface area contributed by atoms with E-state index in [1.165, 1.54) is 116 Å². The van der Waals surface area contributed by atoms with E-state index in [2.05, 4.69) is 38.0 Å². The maximum absolute atomic E-state index is 8.55. The van der Waals surface area contributed by atoms with E-state index < -0.39 is 7.82 Å². The molecule has 0 unspecified atom stereocenters. The average molecular weight is 486 g/mol. The summed E-state index contributed by atoms with van der Waals surface area (Å²) in [4.78, 5) is 25.6. The summed E-state index contributed by atoms with van der Waals surface area (Å²) in [5.41, 5.74) is 11.4. The molecule has 0 aromatic rings. The fourth-order valence-electron chi connectivity index (χ4n) is 2.87. The summed E-state index contributed by atoms with van der Waals surface area (Å²) in [6.07, 6.45) is 25.0. The quantitative estimate of drug-likeness (QED) is 0.199. The zero-order valence-corrected chi connectivity index (χ0v) is 22.9. The maximum Gasteiger partial charge on any atom is 0.0739 e. The number of quaternary nitrogens is 3. The van der Waals surface area contributed by atoms with Gasteiger partial charge in [-0.05, 0) is 38.5 Å². The number of hydrogen-bond donors (Lipinski definition) is 3. The van der Waals surface area contributed by atoms with Crippen molar-refractivity contribution in [3.05, 3.63) is 0 Å². The highest BCUT2D eigenvalue weighted by Crippen LogP contribution is 2.05. The van der Waals surface area contributed by atoms with Gasteiger partial charge in [0.15, 0.2) is 0 Å². The molecule has 0 fully saturated rings. The molecule has 0 radical (unpaired) electrons. The number of phosphoric acid groups is 1. The first-order valence-corrected chi connectivity index (χ1v) is 14.8. The molecule has 0 aromatic heterocycles. The van der Waals surface area contributed by atoms with Crippen molar-refractivity contribution >= 4 is 7.82 Å². The van der Waals surface area contributed by atoms with Gasteiger partial charge in [0.25, 0.3) is 0 Å². The van der Waals surface area contributed by atoms with E-state index in [0.717, 1.165) is 19.6 Å². The van der Waals surface area contributed by atoms with Crippen molar-refractivity contribution in [2.24, 2.45) is 0 Å². The van der Waals surface area contributed by atoms with Gasteiger partial charge in [-0.15, -0.1) is 0 Å². The first-order valence-electron chi connectivity index (χ1n) is 13.4. The summed E-state index contributed by atoms with van der Waals surface area (Å²) < 4.78 is 8.55. The molecule has 0 spiro atoms. The second-order valence-corrected chi connectivity index (χ2v) is 9.21. The first-order chi connectivity index (χ1) is 15.2. The molecule has 200 valence electrons. The highest BCUT2D eigenvalue weighted by molar-refractivity contribution is 7.40. The van der Waals surface area contributed by atoms with E-state index in [4.69, 9.17) is 19.2 Å². The van der Waals surface area contributed by atoms with Crippen LogP contribution in [0.25, 0.3) is 0 Å². The molecule has 0 atom stereocenters. The molecule has 0 amide bonds. The van der Waals surface area contributed by atoms with E-state index in [0.29, 0.717) is 0 Å². The Labute approximate surface area is 200 Å². The zero-order valence-electron chi connectivity index (χ0n) is 22.1. The van der Waals surface area contributed by atoms with E-state index in [-0.39, 0.29) is 0 Å². The van der Waals surface area contributed by atoms with E-state index in [1.54, 1.807) is 0 Å². The Morgan fingerprint density at radius 1 is 0.438 bits per heavy atom. The van der Waals surface area contributed by atoms with Crippen LogP contribution in [0.4, 0.5) is 0 Å². The summed E-state index contributed by atoms with van der Waals surface area (Å²) in [5, 5.41) is 0. The lowest BCUT2D eigenvalue weighted by atomic mass is 10.1. The lowest BCUT2D eigenvalue weighted by Crippen LogP contribution is -2.50. The van der Waals surface area contributed by atoms with Gasteiger partial charge < -0.3 is 36.4 Å². The van der Waals surface area contributed by atoms with Gasteiger partial charge in [0.05, 0.1) is 19.6 Å². The normalized spacial score (nSPS) is 10.3. The van der Waals surface area contributed by atoms with Gasteiger partial charge >= 0.3 is 0 Å². The molecule has 0 rings (SSSR count). The Morgan fingerprint density at radius 2 is 0.594 bits per heavy atom. The van der Waals surface area contributed by atoms with Crippen molar-refractivity contribution in [2.45, 2.75) is 136 Å². The number of rotatable bonds is 18. The summed E-state index contributed by atoms with van der Waals surface area (Å²) in [6.45, 7) is 10.1. The molecule has 7 nitrogen and oxygen atoms in total. The second-order valence-electron chi connectivity index (χ2n) is 8.31. The minimum atomic E-state index is -5.39.